The summed E-state index contributed by atoms with van der Waals surface area (Å²) in [5, 5.41) is 2.84. The first-order chi connectivity index (χ1) is 13.6. The van der Waals surface area contributed by atoms with Crippen LogP contribution in [-0.2, 0) is 16.0 Å². The number of para-hydroxylation sites is 1. The van der Waals surface area contributed by atoms with E-state index in [2.05, 4.69) is 5.32 Å². The van der Waals surface area contributed by atoms with Crippen molar-refractivity contribution in [2.45, 2.75) is 39.7 Å². The first-order valence-corrected chi connectivity index (χ1v) is 9.86. The van der Waals surface area contributed by atoms with Crippen molar-refractivity contribution in [1.82, 2.24) is 10.2 Å². The van der Waals surface area contributed by atoms with E-state index in [1.165, 1.54) is 0 Å². The van der Waals surface area contributed by atoms with Gasteiger partial charge in [0.25, 0.3) is 5.91 Å². The third kappa shape index (κ3) is 6.12. The molecule has 0 aliphatic heterocycles. The number of carbonyl (C=O) groups excluding carboxylic acids is 2. The molecule has 0 aliphatic rings. The number of aryl methyl sites for hydroxylation is 1. The van der Waals surface area contributed by atoms with Gasteiger partial charge >= 0.3 is 0 Å². The fourth-order valence-corrected chi connectivity index (χ4v) is 3.13. The molecular formula is C23H30N2O3. The Balaban J connectivity index is 2.11. The Bertz CT molecular complexity index is 761. The van der Waals surface area contributed by atoms with Crippen molar-refractivity contribution in [3.05, 3.63) is 65.7 Å². The first kappa shape index (κ1) is 21.5. The van der Waals surface area contributed by atoms with Crippen molar-refractivity contribution >= 4 is 11.8 Å². The Morgan fingerprint density at radius 2 is 1.71 bits per heavy atom. The monoisotopic (exact) mass is 382 g/mol. The number of benzene rings is 2. The molecule has 1 atom stereocenters. The largest absolute Gasteiger partial charge is 0.484 e. The molecule has 5 heteroatoms. The average Bonchev–Trinajstić information content (AvgIpc) is 2.71. The summed E-state index contributed by atoms with van der Waals surface area (Å²) in [5.74, 6) is 0.379. The van der Waals surface area contributed by atoms with Crippen LogP contribution < -0.4 is 10.1 Å². The summed E-state index contributed by atoms with van der Waals surface area (Å²) >= 11 is 0. The molecule has 0 fully saturated rings. The third-order valence-electron chi connectivity index (χ3n) is 4.67. The van der Waals surface area contributed by atoms with Gasteiger partial charge in [-0.2, -0.15) is 0 Å². The third-order valence-corrected chi connectivity index (χ3v) is 4.67. The van der Waals surface area contributed by atoms with Gasteiger partial charge in [-0.3, -0.25) is 9.59 Å². The fraction of sp³-hybridized carbons (Fsp3) is 0.391. The molecule has 0 spiro atoms. The van der Waals surface area contributed by atoms with Crippen molar-refractivity contribution in [3.8, 4) is 5.75 Å². The van der Waals surface area contributed by atoms with Crippen LogP contribution in [0.1, 0.15) is 31.4 Å². The number of ether oxygens (including phenoxy) is 1. The fourth-order valence-electron chi connectivity index (χ4n) is 3.13. The number of carbonyl (C=O) groups is 2. The molecule has 0 aliphatic carbocycles. The molecule has 5 nitrogen and oxygen atoms in total. The van der Waals surface area contributed by atoms with Crippen LogP contribution in [0.4, 0.5) is 0 Å². The number of amides is 2. The van der Waals surface area contributed by atoms with Crippen LogP contribution in [0.5, 0.6) is 5.75 Å². The highest BCUT2D eigenvalue weighted by Gasteiger charge is 2.28. The summed E-state index contributed by atoms with van der Waals surface area (Å²) < 4.78 is 5.74. The Labute approximate surface area is 167 Å². The molecule has 2 aromatic carbocycles. The second-order valence-electron chi connectivity index (χ2n) is 6.70. The quantitative estimate of drug-likeness (QED) is 0.685. The van der Waals surface area contributed by atoms with E-state index < -0.39 is 6.04 Å². The average molecular weight is 383 g/mol. The second kappa shape index (κ2) is 11.1. The van der Waals surface area contributed by atoms with Crippen LogP contribution in [0.2, 0.25) is 0 Å². The number of nitrogens with zero attached hydrogens (tertiary/aromatic N) is 1. The molecule has 0 bridgehead atoms. The van der Waals surface area contributed by atoms with E-state index in [1.807, 2.05) is 75.4 Å². The minimum atomic E-state index is -0.503. The Morgan fingerprint density at radius 1 is 1.04 bits per heavy atom. The van der Waals surface area contributed by atoms with Crippen molar-refractivity contribution in [1.29, 1.82) is 0 Å². The number of hydrogen-bond donors (Lipinski definition) is 1. The Hall–Kier alpha value is -2.82. The lowest BCUT2D eigenvalue weighted by Gasteiger charge is -2.30. The predicted octanol–water partition coefficient (Wildman–Crippen LogP) is 3.36. The van der Waals surface area contributed by atoms with Gasteiger partial charge in [0.05, 0.1) is 0 Å². The Morgan fingerprint density at radius 3 is 2.36 bits per heavy atom. The molecule has 150 valence electrons. The zero-order valence-corrected chi connectivity index (χ0v) is 17.0. The van der Waals surface area contributed by atoms with E-state index in [1.54, 1.807) is 4.90 Å². The Kier molecular flexibility index (Phi) is 8.53. The van der Waals surface area contributed by atoms with E-state index in [0.717, 1.165) is 11.1 Å². The standard InChI is InChI=1S/C23H30N2O3/c1-4-20(23(27)24-5-2)25(16-15-19-12-7-6-8-13-19)22(26)17-28-21-14-10-9-11-18(21)3/h6-14,20H,4-5,15-17H2,1-3H3,(H,24,27)/t20-/m0/s1. The zero-order valence-electron chi connectivity index (χ0n) is 17.0. The molecule has 2 amide bonds. The molecule has 28 heavy (non-hydrogen) atoms. The van der Waals surface area contributed by atoms with E-state index in [-0.39, 0.29) is 18.4 Å². The molecule has 2 aromatic rings. The first-order valence-electron chi connectivity index (χ1n) is 9.86. The maximum atomic E-state index is 13.0. The maximum absolute atomic E-state index is 13.0. The summed E-state index contributed by atoms with van der Waals surface area (Å²) in [5.41, 5.74) is 2.10. The topological polar surface area (TPSA) is 58.6 Å². The van der Waals surface area contributed by atoms with Crippen molar-refractivity contribution < 1.29 is 14.3 Å². The molecular weight excluding hydrogens is 352 g/mol. The smallest absolute Gasteiger partial charge is 0.261 e. The van der Waals surface area contributed by atoms with E-state index in [0.29, 0.717) is 31.7 Å². The molecule has 2 rings (SSSR count). The lowest BCUT2D eigenvalue weighted by molar-refractivity contribution is -0.142. The SMILES string of the molecule is CCNC(=O)[C@H](CC)N(CCc1ccccc1)C(=O)COc1ccccc1C. The van der Waals surface area contributed by atoms with Crippen molar-refractivity contribution in [3.63, 3.8) is 0 Å². The summed E-state index contributed by atoms with van der Waals surface area (Å²) in [6, 6.07) is 17.1. The maximum Gasteiger partial charge on any atom is 0.261 e. The highest BCUT2D eigenvalue weighted by molar-refractivity contribution is 5.88. The normalized spacial score (nSPS) is 11.5. The van der Waals surface area contributed by atoms with Gasteiger partial charge in [-0.1, -0.05) is 55.5 Å². The highest BCUT2D eigenvalue weighted by Crippen LogP contribution is 2.17. The van der Waals surface area contributed by atoms with E-state index in [9.17, 15) is 9.59 Å². The molecule has 0 saturated heterocycles. The predicted molar refractivity (Wildman–Crippen MR) is 111 cm³/mol. The number of likely N-dealkylation sites (N-methyl/N-ethyl adjacent to an activating group) is 1. The van der Waals surface area contributed by atoms with Gasteiger partial charge in [-0.15, -0.1) is 0 Å². The van der Waals surface area contributed by atoms with Gasteiger partial charge in [0, 0.05) is 13.1 Å². The van der Waals surface area contributed by atoms with Crippen molar-refractivity contribution in [2.75, 3.05) is 19.7 Å². The second-order valence-corrected chi connectivity index (χ2v) is 6.70. The van der Waals surface area contributed by atoms with Gasteiger partial charge in [0.1, 0.15) is 11.8 Å². The number of nitrogens with one attached hydrogen (secondary N) is 1. The molecule has 0 aromatic heterocycles. The van der Waals surface area contributed by atoms with Crippen LogP contribution >= 0.6 is 0 Å². The van der Waals surface area contributed by atoms with Crippen LogP contribution in [0, 0.1) is 6.92 Å². The minimum Gasteiger partial charge on any atom is -0.484 e. The molecule has 1 N–H and O–H groups in total. The molecule has 0 heterocycles. The van der Waals surface area contributed by atoms with Gasteiger partial charge in [-0.05, 0) is 43.9 Å². The summed E-state index contributed by atoms with van der Waals surface area (Å²) in [6.07, 6.45) is 1.24. The van der Waals surface area contributed by atoms with Crippen molar-refractivity contribution in [2.24, 2.45) is 0 Å². The molecule has 0 saturated carbocycles. The summed E-state index contributed by atoms with van der Waals surface area (Å²) in [4.78, 5) is 27.1. The highest BCUT2D eigenvalue weighted by atomic mass is 16.5. The lowest BCUT2D eigenvalue weighted by Crippen LogP contribution is -2.51. The van der Waals surface area contributed by atoms with E-state index in [4.69, 9.17) is 4.74 Å². The molecule has 0 unspecified atom stereocenters. The van der Waals surface area contributed by atoms with Gasteiger partial charge in [0.15, 0.2) is 6.61 Å². The van der Waals surface area contributed by atoms with Crippen LogP contribution in [0.15, 0.2) is 54.6 Å². The van der Waals surface area contributed by atoms with Gasteiger partial charge in [-0.25, -0.2) is 0 Å². The van der Waals surface area contributed by atoms with E-state index >= 15 is 0 Å². The number of hydrogen-bond acceptors (Lipinski definition) is 3. The van der Waals surface area contributed by atoms with Crippen LogP contribution in [-0.4, -0.2) is 42.5 Å². The van der Waals surface area contributed by atoms with Gasteiger partial charge in [0.2, 0.25) is 5.91 Å². The van der Waals surface area contributed by atoms with Gasteiger partial charge < -0.3 is 15.0 Å². The van der Waals surface area contributed by atoms with Crippen LogP contribution in [0.25, 0.3) is 0 Å². The van der Waals surface area contributed by atoms with Crippen LogP contribution in [0.3, 0.4) is 0 Å². The molecule has 0 radical (unpaired) electrons. The minimum absolute atomic E-state index is 0.0877. The zero-order chi connectivity index (χ0) is 20.4. The summed E-state index contributed by atoms with van der Waals surface area (Å²) in [7, 11) is 0. The lowest BCUT2D eigenvalue weighted by atomic mass is 10.1. The number of rotatable bonds is 10. The summed E-state index contributed by atoms with van der Waals surface area (Å²) in [6.45, 7) is 6.66.